The predicted molar refractivity (Wildman–Crippen MR) is 289 cm³/mol. The van der Waals surface area contributed by atoms with E-state index in [2.05, 4.69) is 46.1 Å². The first-order chi connectivity index (χ1) is 36.6. The van der Waals surface area contributed by atoms with Crippen molar-refractivity contribution in [3.8, 4) is 21.7 Å². The number of aliphatic hydroxyl groups is 1. The number of likely N-dealkylation sites (tertiary alicyclic amines) is 1. The molecule has 2 fully saturated rings. The number of β-amino-alcohol motifs (C(OH)–C–C–N with tert-alkyl or cyclic N) is 1. The molecule has 1 unspecified atom stereocenters. The maximum absolute atomic E-state index is 14.0. The van der Waals surface area contributed by atoms with Crippen LogP contribution >= 0.6 is 11.3 Å². The third kappa shape index (κ3) is 14.7. The summed E-state index contributed by atoms with van der Waals surface area (Å²) in [6.45, 7) is 12.3. The van der Waals surface area contributed by atoms with Crippen molar-refractivity contribution in [2.45, 2.75) is 72.3 Å². The van der Waals surface area contributed by atoms with E-state index in [0.29, 0.717) is 49.9 Å². The zero-order valence-corrected chi connectivity index (χ0v) is 44.3. The number of pyridine rings is 1. The highest BCUT2D eigenvalue weighted by Gasteiger charge is 2.44. The monoisotopic (exact) mass is 1050 g/mol. The van der Waals surface area contributed by atoms with Gasteiger partial charge in [-0.3, -0.25) is 33.9 Å². The lowest BCUT2D eigenvalue weighted by molar-refractivity contribution is -0.144. The van der Waals surface area contributed by atoms with Gasteiger partial charge in [0.15, 0.2) is 0 Å². The van der Waals surface area contributed by atoms with Gasteiger partial charge in [0.05, 0.1) is 41.1 Å². The second kappa shape index (κ2) is 25.4. The van der Waals surface area contributed by atoms with Gasteiger partial charge in [-0.2, -0.15) is 0 Å². The molecule has 3 atom stereocenters. The highest BCUT2D eigenvalue weighted by Crippen LogP contribution is 2.29. The Morgan fingerprint density at radius 2 is 1.58 bits per heavy atom. The summed E-state index contributed by atoms with van der Waals surface area (Å²) < 4.78 is 11.2. The number of ether oxygens (including phenoxy) is 2. The Morgan fingerprint density at radius 3 is 2.28 bits per heavy atom. The van der Waals surface area contributed by atoms with E-state index in [-0.39, 0.29) is 63.7 Å². The van der Waals surface area contributed by atoms with Gasteiger partial charge < -0.3 is 45.6 Å². The van der Waals surface area contributed by atoms with E-state index in [0.717, 1.165) is 49.8 Å². The van der Waals surface area contributed by atoms with Crippen molar-refractivity contribution in [2.24, 2.45) is 5.41 Å². The van der Waals surface area contributed by atoms with E-state index < -0.39 is 35.4 Å². The number of nitrogens with zero attached hydrogens (tertiary/aromatic N) is 7. The van der Waals surface area contributed by atoms with Gasteiger partial charge in [0.1, 0.15) is 25.3 Å². The molecule has 3 aromatic heterocycles. The molecule has 19 nitrogen and oxygen atoms in total. The summed E-state index contributed by atoms with van der Waals surface area (Å²) in [7, 11) is 0. The molecule has 20 heteroatoms. The number of hydrogen-bond donors (Lipinski definition) is 5. The average molecular weight is 1050 g/mol. The fraction of sp³-hybridized carbons (Fsp3) is 0.375. The van der Waals surface area contributed by atoms with Crippen molar-refractivity contribution < 1.29 is 38.6 Å². The van der Waals surface area contributed by atoms with Crippen molar-refractivity contribution in [1.29, 1.82) is 0 Å². The first kappa shape index (κ1) is 54.8. The van der Waals surface area contributed by atoms with Gasteiger partial charge in [0, 0.05) is 93.3 Å². The SMILES string of the molecule is Cc1ccc(NC(=O)c2ccc(CN3CCN(C(=O)COCCOCC(=O)NC(C(=O)N4C[C@H](O)C[C@H]4C(=O)NCc4ccc(-c5scnc5C)cc4)C(C)(C)C)CC3)cc2)cc1Nc1nccc(-c2cccnc2)n1. The van der Waals surface area contributed by atoms with Crippen LogP contribution in [-0.4, -0.2) is 147 Å². The van der Waals surface area contributed by atoms with Crippen LogP contribution in [0.3, 0.4) is 0 Å². The van der Waals surface area contributed by atoms with E-state index in [9.17, 15) is 29.1 Å². The van der Waals surface area contributed by atoms with Crippen LogP contribution in [0, 0.1) is 19.3 Å². The Kier molecular flexibility index (Phi) is 18.3. The van der Waals surface area contributed by atoms with Gasteiger partial charge >= 0.3 is 0 Å². The number of aryl methyl sites for hydroxylation is 2. The van der Waals surface area contributed by atoms with Crippen LogP contribution < -0.4 is 21.3 Å². The topological polar surface area (TPSA) is 233 Å². The van der Waals surface area contributed by atoms with Gasteiger partial charge in [-0.05, 0) is 84.0 Å². The van der Waals surface area contributed by atoms with Crippen LogP contribution in [0.2, 0.25) is 0 Å². The third-order valence-corrected chi connectivity index (χ3v) is 14.2. The molecule has 76 heavy (non-hydrogen) atoms. The Bertz CT molecular complexity index is 2960. The Morgan fingerprint density at radius 1 is 0.842 bits per heavy atom. The number of thiazole rings is 1. The lowest BCUT2D eigenvalue weighted by Crippen LogP contribution is -2.58. The number of benzene rings is 3. The van der Waals surface area contributed by atoms with E-state index >= 15 is 0 Å². The highest BCUT2D eigenvalue weighted by atomic mass is 32.1. The van der Waals surface area contributed by atoms with Crippen molar-refractivity contribution >= 4 is 58.2 Å². The fourth-order valence-corrected chi connectivity index (χ4v) is 9.76. The lowest BCUT2D eigenvalue weighted by atomic mass is 9.85. The standard InChI is InChI=1S/C56H65N11O8S/c1-36-8-17-43(27-46(36)63-55-58-20-18-45(62-55)42-7-6-19-57-30-42)61-52(71)41-15-11-39(12-16-41)31-65-21-23-66(24-22-65)49(70)34-75-26-25-74-33-48(69)64-51(56(3,4)5)54(73)67-32-44(68)28-47(67)53(72)59-29-38-9-13-40(14-10-38)50-37(2)60-35-76-50/h6-20,27,30,35,44,47,51,68H,21-26,28-29,31-34H2,1-5H3,(H,59,72)(H,61,71)(H,64,69)(H,58,62,63)/t44-,47+,51?/m1/s1. The molecule has 5 heterocycles. The normalized spacial score (nSPS) is 16.2. The molecule has 0 aliphatic carbocycles. The summed E-state index contributed by atoms with van der Waals surface area (Å²) >= 11 is 1.56. The minimum Gasteiger partial charge on any atom is -0.391 e. The molecule has 2 aliphatic rings. The van der Waals surface area contributed by atoms with Crippen LogP contribution in [-0.2, 0) is 41.7 Å². The fourth-order valence-electron chi connectivity index (χ4n) is 8.94. The number of aromatic nitrogens is 4. The number of piperazine rings is 1. The van der Waals surface area contributed by atoms with Gasteiger partial charge in [-0.1, -0.05) is 63.2 Å². The zero-order valence-electron chi connectivity index (χ0n) is 43.5. The number of hydrogen-bond acceptors (Lipinski definition) is 15. The van der Waals surface area contributed by atoms with Gasteiger partial charge in [-0.25, -0.2) is 15.0 Å². The number of aliphatic hydroxyl groups excluding tert-OH is 1. The van der Waals surface area contributed by atoms with Crippen LogP contribution in [0.25, 0.3) is 21.7 Å². The van der Waals surface area contributed by atoms with E-state index in [1.165, 1.54) is 4.90 Å². The minimum atomic E-state index is -1.00. The Hall–Kier alpha value is -7.49. The van der Waals surface area contributed by atoms with Crippen LogP contribution in [0.1, 0.15) is 59.9 Å². The predicted octanol–water partition coefficient (Wildman–Crippen LogP) is 5.76. The lowest BCUT2D eigenvalue weighted by Gasteiger charge is -2.35. The summed E-state index contributed by atoms with van der Waals surface area (Å²) in [6.07, 6.45) is 4.32. The van der Waals surface area contributed by atoms with Gasteiger partial charge in [0.2, 0.25) is 29.6 Å². The molecule has 0 bridgehead atoms. The quantitative estimate of drug-likeness (QED) is 0.0573. The first-order valence-electron chi connectivity index (χ1n) is 25.3. The molecular formula is C56H65N11O8S. The van der Waals surface area contributed by atoms with Crippen LogP contribution in [0.5, 0.6) is 0 Å². The molecule has 0 radical (unpaired) electrons. The van der Waals surface area contributed by atoms with Crippen LogP contribution in [0.4, 0.5) is 17.3 Å². The first-order valence-corrected chi connectivity index (χ1v) is 26.2. The smallest absolute Gasteiger partial charge is 0.255 e. The molecule has 6 aromatic rings. The van der Waals surface area contributed by atoms with Crippen molar-refractivity contribution in [3.63, 3.8) is 0 Å². The largest absolute Gasteiger partial charge is 0.391 e. The zero-order chi connectivity index (χ0) is 53.8. The number of nitrogens with one attached hydrogen (secondary N) is 4. The Balaban J connectivity index is 0.710. The molecule has 3 aromatic carbocycles. The molecule has 398 valence electrons. The van der Waals surface area contributed by atoms with Crippen LogP contribution in [0.15, 0.2) is 109 Å². The molecule has 2 aliphatic heterocycles. The molecule has 5 N–H and O–H groups in total. The Labute approximate surface area is 446 Å². The van der Waals surface area contributed by atoms with Gasteiger partial charge in [-0.15, -0.1) is 11.3 Å². The number of amides is 5. The second-order valence-electron chi connectivity index (χ2n) is 20.0. The maximum atomic E-state index is 14.0. The van der Waals surface area contributed by atoms with E-state index in [1.807, 2.05) is 107 Å². The molecular weight excluding hydrogens is 987 g/mol. The van der Waals surface area contributed by atoms with Crippen molar-refractivity contribution in [3.05, 3.63) is 137 Å². The molecule has 0 saturated carbocycles. The molecule has 2 saturated heterocycles. The second-order valence-corrected chi connectivity index (χ2v) is 20.9. The summed E-state index contributed by atoms with van der Waals surface area (Å²) in [5.41, 5.74) is 9.46. The van der Waals surface area contributed by atoms with Crippen molar-refractivity contribution in [1.82, 2.24) is 45.3 Å². The number of anilines is 3. The molecule has 0 spiro atoms. The summed E-state index contributed by atoms with van der Waals surface area (Å²) in [5, 5.41) is 22.6. The average Bonchev–Trinajstić information content (AvgIpc) is 4.04. The van der Waals surface area contributed by atoms with E-state index in [1.54, 1.807) is 52.5 Å². The summed E-state index contributed by atoms with van der Waals surface area (Å²) in [5.74, 6) is -1.35. The number of carbonyl (C=O) groups is 5. The highest BCUT2D eigenvalue weighted by molar-refractivity contribution is 7.13. The molecule has 8 rings (SSSR count). The van der Waals surface area contributed by atoms with Crippen molar-refractivity contribution in [2.75, 3.05) is 69.8 Å². The number of carbonyl (C=O) groups excluding carboxylic acids is 5. The number of rotatable bonds is 20. The summed E-state index contributed by atoms with van der Waals surface area (Å²) in [4.78, 5) is 90.8. The maximum Gasteiger partial charge on any atom is 0.255 e. The third-order valence-electron chi connectivity index (χ3n) is 13.2. The summed E-state index contributed by atoms with van der Waals surface area (Å²) in [6, 6.07) is 24.6. The molecule has 5 amide bonds. The van der Waals surface area contributed by atoms with Gasteiger partial charge in [0.25, 0.3) is 5.91 Å². The van der Waals surface area contributed by atoms with E-state index in [4.69, 9.17) is 9.47 Å². The minimum absolute atomic E-state index is 0.0393.